The highest BCUT2D eigenvalue weighted by Crippen LogP contribution is 2.24. The number of methoxy groups -OCH3 is 2. The normalized spacial score (nSPS) is 10.2. The van der Waals surface area contributed by atoms with Gasteiger partial charge in [-0.15, -0.1) is 11.8 Å². The largest absolute Gasteiger partial charge is 0.496 e. The summed E-state index contributed by atoms with van der Waals surface area (Å²) in [6, 6.07) is 6.09. The van der Waals surface area contributed by atoms with E-state index in [9.17, 15) is 4.79 Å². The van der Waals surface area contributed by atoms with E-state index in [2.05, 4.69) is 16.1 Å². The highest BCUT2D eigenvalue weighted by Gasteiger charge is 2.06. The molecule has 1 aromatic carbocycles. The molecule has 1 aromatic rings. The number of benzene rings is 1. The number of nitrogens with one attached hydrogen (secondary N) is 1. The molecule has 0 aliphatic carbocycles. The van der Waals surface area contributed by atoms with E-state index in [1.54, 1.807) is 7.11 Å². The minimum absolute atomic E-state index is 0.203. The minimum atomic E-state index is -0.203. The van der Waals surface area contributed by atoms with Crippen LogP contribution in [0.15, 0.2) is 18.2 Å². The van der Waals surface area contributed by atoms with Crippen LogP contribution in [0.2, 0.25) is 0 Å². The highest BCUT2D eigenvalue weighted by molar-refractivity contribution is 7.99. The first-order chi connectivity index (χ1) is 8.71. The molecule has 0 aliphatic heterocycles. The first-order valence-corrected chi connectivity index (χ1v) is 6.81. The maximum Gasteiger partial charge on any atom is 0.315 e. The summed E-state index contributed by atoms with van der Waals surface area (Å²) in [6.45, 7) is 0.818. The standard InChI is InChI=1S/C13H19NO3S/c1-14-7-10-4-5-12(16-2)11(6-10)8-18-9-13(15)17-3/h4-6,14H,7-9H2,1-3H3. The van der Waals surface area contributed by atoms with E-state index in [0.29, 0.717) is 5.75 Å². The number of carbonyl (C=O) groups excluding carboxylic acids is 1. The third-order valence-electron chi connectivity index (χ3n) is 2.43. The van der Waals surface area contributed by atoms with E-state index >= 15 is 0 Å². The Morgan fingerprint density at radius 3 is 2.78 bits per heavy atom. The third kappa shape index (κ3) is 4.58. The van der Waals surface area contributed by atoms with Crippen LogP contribution in [0, 0.1) is 0 Å². The lowest BCUT2D eigenvalue weighted by Crippen LogP contribution is -2.06. The van der Waals surface area contributed by atoms with Gasteiger partial charge in [0.25, 0.3) is 0 Å². The second-order valence-corrected chi connectivity index (χ2v) is 4.73. The predicted octanol–water partition coefficient (Wildman–Crippen LogP) is 1.82. The van der Waals surface area contributed by atoms with E-state index in [-0.39, 0.29) is 5.97 Å². The van der Waals surface area contributed by atoms with Crippen molar-refractivity contribution < 1.29 is 14.3 Å². The number of carbonyl (C=O) groups is 1. The Kier molecular flexibility index (Phi) is 6.60. The van der Waals surface area contributed by atoms with Crippen molar-refractivity contribution in [2.24, 2.45) is 0 Å². The van der Waals surface area contributed by atoms with Crippen molar-refractivity contribution in [2.45, 2.75) is 12.3 Å². The Morgan fingerprint density at radius 1 is 1.39 bits per heavy atom. The fraction of sp³-hybridized carbons (Fsp3) is 0.462. The highest BCUT2D eigenvalue weighted by atomic mass is 32.2. The van der Waals surface area contributed by atoms with Crippen LogP contribution in [0.5, 0.6) is 5.75 Å². The molecule has 18 heavy (non-hydrogen) atoms. The Labute approximate surface area is 112 Å². The number of hydrogen-bond donors (Lipinski definition) is 1. The van der Waals surface area contributed by atoms with Gasteiger partial charge in [0.2, 0.25) is 0 Å². The lowest BCUT2D eigenvalue weighted by molar-refractivity contribution is -0.137. The molecule has 1 rings (SSSR count). The van der Waals surface area contributed by atoms with Crippen molar-refractivity contribution in [1.29, 1.82) is 0 Å². The molecule has 0 saturated heterocycles. The van der Waals surface area contributed by atoms with Crippen LogP contribution in [-0.4, -0.2) is 33.0 Å². The molecule has 0 atom stereocenters. The number of thioether (sulfide) groups is 1. The van der Waals surface area contributed by atoms with Crippen molar-refractivity contribution in [3.8, 4) is 5.75 Å². The van der Waals surface area contributed by atoms with Gasteiger partial charge in [-0.1, -0.05) is 6.07 Å². The Bertz CT molecular complexity index is 396. The van der Waals surface area contributed by atoms with E-state index in [0.717, 1.165) is 23.6 Å². The topological polar surface area (TPSA) is 47.6 Å². The summed E-state index contributed by atoms with van der Waals surface area (Å²) < 4.78 is 9.92. The van der Waals surface area contributed by atoms with Gasteiger partial charge in [0.15, 0.2) is 0 Å². The molecule has 0 amide bonds. The second kappa shape index (κ2) is 8.00. The van der Waals surface area contributed by atoms with Crippen molar-refractivity contribution in [2.75, 3.05) is 27.0 Å². The van der Waals surface area contributed by atoms with Crippen LogP contribution >= 0.6 is 11.8 Å². The molecule has 0 unspecified atom stereocenters. The van der Waals surface area contributed by atoms with E-state index in [4.69, 9.17) is 4.74 Å². The second-order valence-electron chi connectivity index (χ2n) is 3.75. The Morgan fingerprint density at radius 2 is 2.17 bits per heavy atom. The van der Waals surface area contributed by atoms with Crippen LogP contribution in [0.1, 0.15) is 11.1 Å². The van der Waals surface area contributed by atoms with Gasteiger partial charge in [0.1, 0.15) is 5.75 Å². The zero-order valence-electron chi connectivity index (χ0n) is 11.0. The molecule has 5 heteroatoms. The predicted molar refractivity (Wildman–Crippen MR) is 73.9 cm³/mol. The van der Waals surface area contributed by atoms with E-state index in [1.165, 1.54) is 24.4 Å². The molecular weight excluding hydrogens is 250 g/mol. The maximum absolute atomic E-state index is 11.0. The molecule has 4 nitrogen and oxygen atoms in total. The van der Waals surface area contributed by atoms with Crippen molar-refractivity contribution in [3.05, 3.63) is 29.3 Å². The summed E-state index contributed by atoms with van der Waals surface area (Å²) >= 11 is 1.52. The van der Waals surface area contributed by atoms with Crippen LogP contribution in [0.25, 0.3) is 0 Å². The Balaban J connectivity index is 2.65. The summed E-state index contributed by atoms with van der Waals surface area (Å²) in [5.74, 6) is 1.74. The van der Waals surface area contributed by atoms with Crippen LogP contribution in [-0.2, 0) is 21.8 Å². The zero-order chi connectivity index (χ0) is 13.4. The fourth-order valence-corrected chi connectivity index (χ4v) is 2.39. The third-order valence-corrected chi connectivity index (χ3v) is 3.39. The van der Waals surface area contributed by atoms with Gasteiger partial charge in [-0.2, -0.15) is 0 Å². The zero-order valence-corrected chi connectivity index (χ0v) is 11.8. The van der Waals surface area contributed by atoms with Crippen molar-refractivity contribution in [1.82, 2.24) is 5.32 Å². The van der Waals surface area contributed by atoms with Gasteiger partial charge in [-0.05, 0) is 24.7 Å². The molecular formula is C13H19NO3S. The molecule has 0 aliphatic rings. The average molecular weight is 269 g/mol. The first-order valence-electron chi connectivity index (χ1n) is 5.66. The van der Waals surface area contributed by atoms with Crippen LogP contribution in [0.4, 0.5) is 0 Å². The monoisotopic (exact) mass is 269 g/mol. The minimum Gasteiger partial charge on any atom is -0.496 e. The molecule has 0 spiro atoms. The molecule has 0 fully saturated rings. The fourth-order valence-electron chi connectivity index (χ4n) is 1.56. The quantitative estimate of drug-likeness (QED) is 0.765. The van der Waals surface area contributed by atoms with Crippen molar-refractivity contribution in [3.63, 3.8) is 0 Å². The molecule has 0 radical (unpaired) electrons. The molecule has 0 heterocycles. The summed E-state index contributed by atoms with van der Waals surface area (Å²) in [7, 11) is 4.97. The molecule has 1 N–H and O–H groups in total. The number of ether oxygens (including phenoxy) is 2. The van der Waals surface area contributed by atoms with Gasteiger partial charge in [-0.3, -0.25) is 4.79 Å². The molecule has 0 saturated carbocycles. The van der Waals surface area contributed by atoms with Crippen LogP contribution < -0.4 is 10.1 Å². The van der Waals surface area contributed by atoms with Crippen molar-refractivity contribution >= 4 is 17.7 Å². The molecule has 0 bridgehead atoms. The van der Waals surface area contributed by atoms with E-state index < -0.39 is 0 Å². The van der Waals surface area contributed by atoms with Gasteiger partial charge in [0.05, 0.1) is 20.0 Å². The van der Waals surface area contributed by atoms with E-state index in [1.807, 2.05) is 19.2 Å². The average Bonchev–Trinajstić information content (AvgIpc) is 2.39. The van der Waals surface area contributed by atoms with Crippen LogP contribution in [0.3, 0.4) is 0 Å². The van der Waals surface area contributed by atoms with Gasteiger partial charge >= 0.3 is 5.97 Å². The SMILES string of the molecule is CNCc1ccc(OC)c(CSCC(=O)OC)c1. The number of esters is 1. The number of hydrogen-bond acceptors (Lipinski definition) is 5. The van der Waals surface area contributed by atoms with Gasteiger partial charge in [0, 0.05) is 17.9 Å². The maximum atomic E-state index is 11.0. The Hall–Kier alpha value is -1.20. The smallest absolute Gasteiger partial charge is 0.315 e. The molecule has 0 aromatic heterocycles. The lowest BCUT2D eigenvalue weighted by Gasteiger charge is -2.10. The summed E-state index contributed by atoms with van der Waals surface area (Å²) in [4.78, 5) is 11.0. The summed E-state index contributed by atoms with van der Waals surface area (Å²) in [5.41, 5.74) is 2.30. The summed E-state index contributed by atoms with van der Waals surface area (Å²) in [6.07, 6.45) is 0. The van der Waals surface area contributed by atoms with Gasteiger partial charge in [-0.25, -0.2) is 0 Å². The number of rotatable bonds is 7. The molecule has 100 valence electrons. The van der Waals surface area contributed by atoms with Gasteiger partial charge < -0.3 is 14.8 Å². The summed E-state index contributed by atoms with van der Waals surface area (Å²) in [5, 5.41) is 3.11. The first kappa shape index (κ1) is 14.9. The lowest BCUT2D eigenvalue weighted by atomic mass is 10.1.